The Morgan fingerprint density at radius 1 is 1.24 bits per heavy atom. The maximum absolute atomic E-state index is 12.4. The summed E-state index contributed by atoms with van der Waals surface area (Å²) in [4.78, 5) is 30.7. The molecule has 6 heteroatoms. The minimum atomic E-state index is -0.00244. The molecule has 2 unspecified atom stereocenters. The van der Waals surface area contributed by atoms with E-state index in [0.717, 1.165) is 24.8 Å². The molecular formula is C19H21N3O3. The number of nitrogens with one attached hydrogen (secondary N) is 1. The molecule has 1 saturated heterocycles. The standard InChI is InChI=1S/C19H21N3O3/c23-18(17-10-16(17)13-2-1-6-20-11-13)21-15-3-7-22(8-4-15)19(24)14-5-9-25-12-14/h1-2,5-6,9,11-12,15-17H,3-4,7-8,10H2,(H,21,23). The summed E-state index contributed by atoms with van der Waals surface area (Å²) in [5, 5.41) is 3.16. The van der Waals surface area contributed by atoms with E-state index in [1.165, 1.54) is 12.5 Å². The van der Waals surface area contributed by atoms with Crippen LogP contribution in [0, 0.1) is 5.92 Å². The molecule has 25 heavy (non-hydrogen) atoms. The number of furan rings is 1. The monoisotopic (exact) mass is 339 g/mol. The molecule has 1 N–H and O–H groups in total. The lowest BCUT2D eigenvalue weighted by Gasteiger charge is -2.32. The van der Waals surface area contributed by atoms with Gasteiger partial charge in [0.05, 0.1) is 11.8 Å². The van der Waals surface area contributed by atoms with E-state index in [2.05, 4.69) is 10.3 Å². The number of amides is 2. The van der Waals surface area contributed by atoms with Gasteiger partial charge in [-0.1, -0.05) is 6.07 Å². The summed E-state index contributed by atoms with van der Waals surface area (Å²) in [6.07, 6.45) is 9.06. The molecule has 0 bridgehead atoms. The summed E-state index contributed by atoms with van der Waals surface area (Å²) in [6.45, 7) is 1.32. The van der Waals surface area contributed by atoms with Crippen LogP contribution in [0.25, 0.3) is 0 Å². The van der Waals surface area contributed by atoms with Crippen LogP contribution in [-0.2, 0) is 4.79 Å². The average Bonchev–Trinajstić information content (AvgIpc) is 3.28. The molecule has 3 heterocycles. The first kappa shape index (κ1) is 15.9. The lowest BCUT2D eigenvalue weighted by atomic mass is 10.0. The van der Waals surface area contributed by atoms with Gasteiger partial charge in [0.25, 0.3) is 5.91 Å². The number of nitrogens with zero attached hydrogens (tertiary/aromatic N) is 2. The van der Waals surface area contributed by atoms with E-state index in [4.69, 9.17) is 4.42 Å². The zero-order chi connectivity index (χ0) is 17.2. The number of pyridine rings is 1. The van der Waals surface area contributed by atoms with Crippen LogP contribution in [0.4, 0.5) is 0 Å². The number of hydrogen-bond acceptors (Lipinski definition) is 4. The van der Waals surface area contributed by atoms with Gasteiger partial charge in [0.2, 0.25) is 5.91 Å². The number of rotatable bonds is 4. The van der Waals surface area contributed by atoms with Crippen LogP contribution in [0.15, 0.2) is 47.5 Å². The number of hydrogen-bond donors (Lipinski definition) is 1. The third kappa shape index (κ3) is 3.43. The van der Waals surface area contributed by atoms with Crippen LogP contribution in [-0.4, -0.2) is 40.8 Å². The highest BCUT2D eigenvalue weighted by atomic mass is 16.3. The first-order valence-corrected chi connectivity index (χ1v) is 8.74. The number of carbonyl (C=O) groups is 2. The Kier molecular flexibility index (Phi) is 4.26. The molecule has 0 spiro atoms. The molecule has 0 aromatic carbocycles. The normalized spacial score (nSPS) is 23.3. The largest absolute Gasteiger partial charge is 0.472 e. The number of aromatic nitrogens is 1. The molecule has 1 aliphatic carbocycles. The van der Waals surface area contributed by atoms with Crippen LogP contribution in [0.1, 0.15) is 41.1 Å². The highest BCUT2D eigenvalue weighted by Crippen LogP contribution is 2.47. The van der Waals surface area contributed by atoms with E-state index in [9.17, 15) is 9.59 Å². The van der Waals surface area contributed by atoms with Crippen LogP contribution in [0.2, 0.25) is 0 Å². The van der Waals surface area contributed by atoms with Crippen molar-refractivity contribution in [3.8, 4) is 0 Å². The predicted molar refractivity (Wildman–Crippen MR) is 90.9 cm³/mol. The van der Waals surface area contributed by atoms with E-state index >= 15 is 0 Å². The van der Waals surface area contributed by atoms with Gasteiger partial charge in [-0.2, -0.15) is 0 Å². The van der Waals surface area contributed by atoms with Crippen molar-refractivity contribution in [3.05, 3.63) is 54.2 Å². The van der Waals surface area contributed by atoms with Crippen molar-refractivity contribution in [2.75, 3.05) is 13.1 Å². The predicted octanol–water partition coefficient (Wildman–Crippen LogP) is 2.20. The molecule has 2 atom stereocenters. The number of likely N-dealkylation sites (tertiary alicyclic amines) is 1. The summed E-state index contributed by atoms with van der Waals surface area (Å²) >= 11 is 0. The maximum atomic E-state index is 12.4. The maximum Gasteiger partial charge on any atom is 0.257 e. The van der Waals surface area contributed by atoms with Crippen LogP contribution < -0.4 is 5.32 Å². The smallest absolute Gasteiger partial charge is 0.257 e. The topological polar surface area (TPSA) is 75.4 Å². The second kappa shape index (κ2) is 6.70. The number of carbonyl (C=O) groups excluding carboxylic acids is 2. The molecule has 2 aromatic heterocycles. The first-order valence-electron chi connectivity index (χ1n) is 8.74. The van der Waals surface area contributed by atoms with E-state index in [1.807, 2.05) is 23.2 Å². The van der Waals surface area contributed by atoms with E-state index in [-0.39, 0.29) is 23.8 Å². The van der Waals surface area contributed by atoms with E-state index in [1.54, 1.807) is 12.3 Å². The van der Waals surface area contributed by atoms with Crippen molar-refractivity contribution < 1.29 is 14.0 Å². The van der Waals surface area contributed by atoms with Gasteiger partial charge >= 0.3 is 0 Å². The fourth-order valence-electron chi connectivity index (χ4n) is 3.55. The van der Waals surface area contributed by atoms with Crippen LogP contribution >= 0.6 is 0 Å². The SMILES string of the molecule is O=C(NC1CCN(C(=O)c2ccoc2)CC1)C1CC1c1cccnc1. The molecule has 4 rings (SSSR count). The van der Waals surface area contributed by atoms with Crippen molar-refractivity contribution in [3.63, 3.8) is 0 Å². The molecule has 130 valence electrons. The summed E-state index contributed by atoms with van der Waals surface area (Å²) in [7, 11) is 0. The minimum absolute atomic E-state index is 0.00244. The third-order valence-corrected chi connectivity index (χ3v) is 5.14. The Balaban J connectivity index is 1.25. The zero-order valence-corrected chi connectivity index (χ0v) is 13.9. The van der Waals surface area contributed by atoms with Crippen molar-refractivity contribution in [2.24, 2.45) is 5.92 Å². The van der Waals surface area contributed by atoms with Gasteiger partial charge in [0.1, 0.15) is 6.26 Å². The second-order valence-corrected chi connectivity index (χ2v) is 6.82. The highest BCUT2D eigenvalue weighted by Gasteiger charge is 2.44. The van der Waals surface area contributed by atoms with E-state index < -0.39 is 0 Å². The zero-order valence-electron chi connectivity index (χ0n) is 13.9. The summed E-state index contributed by atoms with van der Waals surface area (Å²) in [5.74, 6) is 0.497. The van der Waals surface area contributed by atoms with Crippen molar-refractivity contribution in [1.82, 2.24) is 15.2 Å². The van der Waals surface area contributed by atoms with Gasteiger partial charge in [0, 0.05) is 37.4 Å². The Morgan fingerprint density at radius 3 is 2.76 bits per heavy atom. The molecule has 2 fully saturated rings. The Hall–Kier alpha value is -2.63. The van der Waals surface area contributed by atoms with Gasteiger partial charge < -0.3 is 14.6 Å². The fourth-order valence-corrected chi connectivity index (χ4v) is 3.55. The number of piperidine rings is 1. The molecule has 1 saturated carbocycles. The fraction of sp³-hybridized carbons (Fsp3) is 0.421. The third-order valence-electron chi connectivity index (χ3n) is 5.14. The van der Waals surface area contributed by atoms with Gasteiger partial charge in [0.15, 0.2) is 0 Å². The molecule has 0 radical (unpaired) electrons. The average molecular weight is 339 g/mol. The summed E-state index contributed by atoms with van der Waals surface area (Å²) in [5.41, 5.74) is 1.72. The Bertz CT molecular complexity index is 737. The molecule has 6 nitrogen and oxygen atoms in total. The van der Waals surface area contributed by atoms with Gasteiger partial charge in [-0.15, -0.1) is 0 Å². The lowest BCUT2D eigenvalue weighted by molar-refractivity contribution is -0.123. The van der Waals surface area contributed by atoms with E-state index in [0.29, 0.717) is 24.6 Å². The Morgan fingerprint density at radius 2 is 2.08 bits per heavy atom. The van der Waals surface area contributed by atoms with Gasteiger partial charge in [-0.05, 0) is 42.9 Å². The van der Waals surface area contributed by atoms with Crippen LogP contribution in [0.3, 0.4) is 0 Å². The minimum Gasteiger partial charge on any atom is -0.472 e. The molecule has 2 amide bonds. The molecule has 1 aliphatic heterocycles. The molecule has 2 aliphatic rings. The van der Waals surface area contributed by atoms with Crippen molar-refractivity contribution >= 4 is 11.8 Å². The van der Waals surface area contributed by atoms with Crippen molar-refractivity contribution in [2.45, 2.75) is 31.2 Å². The van der Waals surface area contributed by atoms with Crippen LogP contribution in [0.5, 0.6) is 0 Å². The highest BCUT2D eigenvalue weighted by molar-refractivity contribution is 5.93. The lowest BCUT2D eigenvalue weighted by Crippen LogP contribution is -2.47. The summed E-state index contributed by atoms with van der Waals surface area (Å²) < 4.78 is 4.97. The van der Waals surface area contributed by atoms with Gasteiger partial charge in [-0.3, -0.25) is 14.6 Å². The molecular weight excluding hydrogens is 318 g/mol. The second-order valence-electron chi connectivity index (χ2n) is 6.82. The van der Waals surface area contributed by atoms with Gasteiger partial charge in [-0.25, -0.2) is 0 Å². The quantitative estimate of drug-likeness (QED) is 0.926. The Labute approximate surface area is 146 Å². The first-order chi connectivity index (χ1) is 12.2. The molecule has 2 aromatic rings. The van der Waals surface area contributed by atoms with Crippen molar-refractivity contribution in [1.29, 1.82) is 0 Å². The summed E-state index contributed by atoms with van der Waals surface area (Å²) in [6, 6.07) is 5.78.